The van der Waals surface area contributed by atoms with Gasteiger partial charge in [-0.3, -0.25) is 0 Å². The molecular weight excluding hydrogens is 224 g/mol. The second-order valence-corrected chi connectivity index (χ2v) is 3.57. The van der Waals surface area contributed by atoms with Gasteiger partial charge in [0.25, 0.3) is 0 Å². The molecule has 2 nitrogen and oxygen atoms in total. The maximum atomic E-state index is 13.3. The van der Waals surface area contributed by atoms with Gasteiger partial charge in [0.15, 0.2) is 11.6 Å². The molecule has 2 aromatic carbocycles. The van der Waals surface area contributed by atoms with Crippen LogP contribution in [0.2, 0.25) is 0 Å². The van der Waals surface area contributed by atoms with Crippen molar-refractivity contribution < 1.29 is 13.5 Å². The quantitative estimate of drug-likeness (QED) is 0.829. The van der Waals surface area contributed by atoms with Crippen LogP contribution in [-0.4, -0.2) is 0 Å². The van der Waals surface area contributed by atoms with Crippen molar-refractivity contribution in [1.82, 2.24) is 0 Å². The highest BCUT2D eigenvalue weighted by Gasteiger charge is 2.07. The molecule has 17 heavy (non-hydrogen) atoms. The zero-order chi connectivity index (χ0) is 12.3. The maximum Gasteiger partial charge on any atom is 0.165 e. The molecule has 0 aliphatic rings. The van der Waals surface area contributed by atoms with Crippen LogP contribution in [0.1, 0.15) is 5.56 Å². The summed E-state index contributed by atoms with van der Waals surface area (Å²) in [5, 5.41) is 0. The number of benzene rings is 2. The van der Waals surface area contributed by atoms with Crippen LogP contribution in [0.25, 0.3) is 0 Å². The summed E-state index contributed by atoms with van der Waals surface area (Å²) in [6.07, 6.45) is 0. The number of halogens is 2. The summed E-state index contributed by atoms with van der Waals surface area (Å²) in [6, 6.07) is 10.7. The molecular formula is C13H11F2NO. The van der Waals surface area contributed by atoms with E-state index in [9.17, 15) is 8.78 Å². The molecule has 0 aliphatic heterocycles. The first-order valence-corrected chi connectivity index (χ1v) is 5.08. The first kappa shape index (κ1) is 11.4. The lowest BCUT2D eigenvalue weighted by atomic mass is 10.2. The van der Waals surface area contributed by atoms with Crippen LogP contribution in [-0.2, 0) is 6.61 Å². The summed E-state index contributed by atoms with van der Waals surface area (Å²) >= 11 is 0. The Morgan fingerprint density at radius 3 is 2.41 bits per heavy atom. The van der Waals surface area contributed by atoms with E-state index in [1.54, 1.807) is 24.3 Å². The van der Waals surface area contributed by atoms with Crippen LogP contribution in [0.3, 0.4) is 0 Å². The average Bonchev–Trinajstić information content (AvgIpc) is 2.33. The smallest absolute Gasteiger partial charge is 0.165 e. The van der Waals surface area contributed by atoms with E-state index in [-0.39, 0.29) is 12.2 Å². The van der Waals surface area contributed by atoms with Gasteiger partial charge in [-0.1, -0.05) is 12.1 Å². The summed E-state index contributed by atoms with van der Waals surface area (Å²) < 4.78 is 31.5. The molecule has 0 spiro atoms. The third-order valence-electron chi connectivity index (χ3n) is 2.31. The minimum absolute atomic E-state index is 0.0203. The van der Waals surface area contributed by atoms with Gasteiger partial charge in [-0.15, -0.1) is 0 Å². The molecule has 0 fully saturated rings. The Morgan fingerprint density at radius 2 is 1.71 bits per heavy atom. The lowest BCUT2D eigenvalue weighted by molar-refractivity contribution is 0.297. The van der Waals surface area contributed by atoms with Crippen LogP contribution in [0, 0.1) is 11.6 Å². The predicted molar refractivity (Wildman–Crippen MR) is 61.5 cm³/mol. The van der Waals surface area contributed by atoms with Crippen molar-refractivity contribution >= 4 is 5.69 Å². The zero-order valence-corrected chi connectivity index (χ0v) is 8.99. The van der Waals surface area contributed by atoms with Gasteiger partial charge in [-0.05, 0) is 30.3 Å². The van der Waals surface area contributed by atoms with Gasteiger partial charge in [0.05, 0.1) is 0 Å². The molecule has 0 atom stereocenters. The van der Waals surface area contributed by atoms with Crippen molar-refractivity contribution in [3.05, 3.63) is 59.7 Å². The van der Waals surface area contributed by atoms with Crippen LogP contribution >= 0.6 is 0 Å². The maximum absolute atomic E-state index is 13.3. The summed E-state index contributed by atoms with van der Waals surface area (Å²) in [4.78, 5) is 0. The third kappa shape index (κ3) is 2.72. The lowest BCUT2D eigenvalue weighted by Gasteiger charge is -2.07. The highest BCUT2D eigenvalue weighted by atomic mass is 19.2. The van der Waals surface area contributed by atoms with Crippen LogP contribution in [0.5, 0.6) is 5.75 Å². The fraction of sp³-hybridized carbons (Fsp3) is 0.0769. The zero-order valence-electron chi connectivity index (χ0n) is 8.99. The molecule has 0 bridgehead atoms. The lowest BCUT2D eigenvalue weighted by Crippen LogP contribution is -2.00. The monoisotopic (exact) mass is 235 g/mol. The Hall–Kier alpha value is -2.10. The van der Waals surface area contributed by atoms with E-state index in [1.165, 1.54) is 12.1 Å². The van der Waals surface area contributed by atoms with E-state index in [2.05, 4.69) is 0 Å². The topological polar surface area (TPSA) is 35.2 Å². The summed E-state index contributed by atoms with van der Waals surface area (Å²) in [5.41, 5.74) is 6.31. The van der Waals surface area contributed by atoms with Gasteiger partial charge in [0, 0.05) is 11.3 Å². The first-order chi connectivity index (χ1) is 8.16. The van der Waals surface area contributed by atoms with Crippen molar-refractivity contribution in [2.24, 2.45) is 0 Å². The van der Waals surface area contributed by atoms with Gasteiger partial charge in [0.1, 0.15) is 12.4 Å². The number of nitrogen functional groups attached to an aromatic ring is 1. The van der Waals surface area contributed by atoms with Crippen LogP contribution < -0.4 is 10.5 Å². The van der Waals surface area contributed by atoms with E-state index in [1.807, 2.05) is 0 Å². The van der Waals surface area contributed by atoms with E-state index < -0.39 is 11.6 Å². The molecule has 2 N–H and O–H groups in total. The minimum Gasteiger partial charge on any atom is -0.489 e. The molecule has 0 saturated heterocycles. The standard InChI is InChI=1S/C13H11F2NO/c14-12-3-1-2-9(13(12)15)8-17-11-6-4-10(16)5-7-11/h1-7H,8,16H2. The molecule has 2 aromatic rings. The Labute approximate surface area is 97.6 Å². The Morgan fingerprint density at radius 1 is 1.00 bits per heavy atom. The summed E-state index contributed by atoms with van der Waals surface area (Å²) in [6.45, 7) is -0.0203. The van der Waals surface area contributed by atoms with E-state index in [4.69, 9.17) is 10.5 Å². The fourth-order valence-electron chi connectivity index (χ4n) is 1.39. The molecule has 0 unspecified atom stereocenters. The SMILES string of the molecule is Nc1ccc(OCc2cccc(F)c2F)cc1. The number of nitrogens with two attached hydrogens (primary N) is 1. The Bertz CT molecular complexity index is 511. The Balaban J connectivity index is 2.07. The van der Waals surface area contributed by atoms with Crippen LogP contribution in [0.4, 0.5) is 14.5 Å². The molecule has 0 aliphatic carbocycles. The minimum atomic E-state index is -0.872. The number of hydrogen-bond acceptors (Lipinski definition) is 2. The molecule has 0 heterocycles. The van der Waals surface area contributed by atoms with Crippen molar-refractivity contribution in [2.75, 3.05) is 5.73 Å². The average molecular weight is 235 g/mol. The highest BCUT2D eigenvalue weighted by Crippen LogP contribution is 2.17. The normalized spacial score (nSPS) is 10.2. The summed E-state index contributed by atoms with van der Waals surface area (Å²) in [5.74, 6) is -1.19. The van der Waals surface area contributed by atoms with E-state index >= 15 is 0 Å². The fourth-order valence-corrected chi connectivity index (χ4v) is 1.39. The van der Waals surface area contributed by atoms with Gasteiger partial charge >= 0.3 is 0 Å². The number of hydrogen-bond donors (Lipinski definition) is 1. The molecule has 0 radical (unpaired) electrons. The highest BCUT2D eigenvalue weighted by molar-refractivity contribution is 5.41. The van der Waals surface area contributed by atoms with Crippen molar-refractivity contribution in [1.29, 1.82) is 0 Å². The number of rotatable bonds is 3. The third-order valence-corrected chi connectivity index (χ3v) is 2.31. The molecule has 2 rings (SSSR count). The second-order valence-electron chi connectivity index (χ2n) is 3.57. The number of anilines is 1. The predicted octanol–water partition coefficient (Wildman–Crippen LogP) is 3.13. The van der Waals surface area contributed by atoms with E-state index in [0.29, 0.717) is 11.4 Å². The van der Waals surface area contributed by atoms with Gasteiger partial charge in [0.2, 0.25) is 0 Å². The molecule has 4 heteroatoms. The van der Waals surface area contributed by atoms with E-state index in [0.717, 1.165) is 6.07 Å². The first-order valence-electron chi connectivity index (χ1n) is 5.08. The molecule has 88 valence electrons. The van der Waals surface area contributed by atoms with Gasteiger partial charge in [-0.25, -0.2) is 8.78 Å². The number of ether oxygens (including phenoxy) is 1. The Kier molecular flexibility index (Phi) is 3.23. The largest absolute Gasteiger partial charge is 0.489 e. The molecule has 0 aromatic heterocycles. The van der Waals surface area contributed by atoms with Gasteiger partial charge in [-0.2, -0.15) is 0 Å². The second kappa shape index (κ2) is 4.82. The van der Waals surface area contributed by atoms with Crippen molar-refractivity contribution in [3.63, 3.8) is 0 Å². The van der Waals surface area contributed by atoms with Gasteiger partial charge < -0.3 is 10.5 Å². The molecule has 0 amide bonds. The van der Waals surface area contributed by atoms with Crippen molar-refractivity contribution in [2.45, 2.75) is 6.61 Å². The summed E-state index contributed by atoms with van der Waals surface area (Å²) in [7, 11) is 0. The van der Waals surface area contributed by atoms with Crippen LogP contribution in [0.15, 0.2) is 42.5 Å². The molecule has 0 saturated carbocycles. The van der Waals surface area contributed by atoms with Crippen molar-refractivity contribution in [3.8, 4) is 5.75 Å².